The van der Waals surface area contributed by atoms with Crippen molar-refractivity contribution in [3.63, 3.8) is 0 Å². The SMILES string of the molecule is Cc1ccc(S(=O)(=O)NNc2ncnc(NNC(=O)c3ccco3)c2N)cc1. The Morgan fingerprint density at radius 1 is 1.07 bits per heavy atom. The minimum Gasteiger partial charge on any atom is -0.459 e. The molecule has 0 aliphatic carbocycles. The first-order valence-corrected chi connectivity index (χ1v) is 9.40. The molecule has 12 heteroatoms. The number of hydrogen-bond donors (Lipinski definition) is 5. The number of sulfonamides is 1. The Bertz CT molecular complexity index is 1070. The van der Waals surface area contributed by atoms with Crippen LogP contribution < -0.4 is 26.8 Å². The van der Waals surface area contributed by atoms with Crippen LogP contribution in [0.2, 0.25) is 0 Å². The van der Waals surface area contributed by atoms with E-state index < -0.39 is 15.9 Å². The van der Waals surface area contributed by atoms with Gasteiger partial charge in [0.15, 0.2) is 17.4 Å². The molecule has 0 aliphatic rings. The Kier molecular flexibility index (Phi) is 5.42. The molecule has 6 N–H and O–H groups in total. The van der Waals surface area contributed by atoms with Gasteiger partial charge in [0.25, 0.3) is 10.0 Å². The van der Waals surface area contributed by atoms with Gasteiger partial charge in [0.1, 0.15) is 12.0 Å². The van der Waals surface area contributed by atoms with Crippen molar-refractivity contribution >= 4 is 33.3 Å². The van der Waals surface area contributed by atoms with Crippen LogP contribution in [0.3, 0.4) is 0 Å². The van der Waals surface area contributed by atoms with Crippen molar-refractivity contribution in [1.82, 2.24) is 20.2 Å². The van der Waals surface area contributed by atoms with Gasteiger partial charge in [-0.1, -0.05) is 17.7 Å². The van der Waals surface area contributed by atoms with E-state index in [0.717, 1.165) is 11.9 Å². The van der Waals surface area contributed by atoms with E-state index in [1.807, 2.05) is 6.92 Å². The van der Waals surface area contributed by atoms with Crippen LogP contribution in [0.5, 0.6) is 0 Å². The van der Waals surface area contributed by atoms with Gasteiger partial charge in [0, 0.05) is 0 Å². The van der Waals surface area contributed by atoms with Crippen molar-refractivity contribution in [2.45, 2.75) is 11.8 Å². The summed E-state index contributed by atoms with van der Waals surface area (Å²) >= 11 is 0. The molecule has 3 aromatic rings. The molecule has 11 nitrogen and oxygen atoms in total. The summed E-state index contributed by atoms with van der Waals surface area (Å²) in [6.45, 7) is 1.85. The minimum absolute atomic E-state index is 0.000402. The van der Waals surface area contributed by atoms with Crippen LogP contribution in [-0.2, 0) is 10.0 Å². The van der Waals surface area contributed by atoms with Crippen molar-refractivity contribution in [2.75, 3.05) is 16.6 Å². The summed E-state index contributed by atoms with van der Waals surface area (Å²) in [5, 5.41) is 0. The number of anilines is 3. The highest BCUT2D eigenvalue weighted by molar-refractivity contribution is 7.89. The summed E-state index contributed by atoms with van der Waals surface area (Å²) in [5.41, 5.74) is 14.1. The van der Waals surface area contributed by atoms with Gasteiger partial charge in [-0.05, 0) is 31.2 Å². The standard InChI is InChI=1S/C16H17N7O4S/c1-10-4-6-11(7-5-10)28(25,26)23-21-15-13(17)14(18-9-19-15)20-22-16(24)12-3-2-8-27-12/h2-9,23H,17H2,1H3,(H,22,24)(H2,18,19,20,21). The molecule has 0 spiro atoms. The number of carbonyl (C=O) groups is 1. The first-order valence-electron chi connectivity index (χ1n) is 7.91. The van der Waals surface area contributed by atoms with Gasteiger partial charge in [0.05, 0.1) is 11.2 Å². The maximum absolute atomic E-state index is 12.3. The number of carbonyl (C=O) groups excluding carboxylic acids is 1. The zero-order valence-corrected chi connectivity index (χ0v) is 15.4. The number of benzene rings is 1. The van der Waals surface area contributed by atoms with Gasteiger partial charge in [-0.3, -0.25) is 21.1 Å². The Morgan fingerprint density at radius 2 is 1.75 bits per heavy atom. The van der Waals surface area contributed by atoms with Crippen LogP contribution in [0, 0.1) is 6.92 Å². The lowest BCUT2D eigenvalue weighted by Gasteiger charge is -2.13. The number of aromatic nitrogens is 2. The zero-order chi connectivity index (χ0) is 20.1. The van der Waals surface area contributed by atoms with Crippen molar-refractivity contribution in [1.29, 1.82) is 0 Å². The van der Waals surface area contributed by atoms with E-state index in [2.05, 4.69) is 31.1 Å². The first-order chi connectivity index (χ1) is 13.4. The second-order valence-corrected chi connectivity index (χ2v) is 7.27. The monoisotopic (exact) mass is 403 g/mol. The van der Waals surface area contributed by atoms with E-state index in [1.54, 1.807) is 18.2 Å². The Morgan fingerprint density at radius 3 is 2.39 bits per heavy atom. The van der Waals surface area contributed by atoms with E-state index >= 15 is 0 Å². The lowest BCUT2D eigenvalue weighted by Crippen LogP contribution is -2.32. The molecule has 0 aliphatic heterocycles. The van der Waals surface area contributed by atoms with Gasteiger partial charge in [0.2, 0.25) is 0 Å². The normalized spacial score (nSPS) is 11.0. The van der Waals surface area contributed by atoms with E-state index in [0.29, 0.717) is 0 Å². The summed E-state index contributed by atoms with van der Waals surface area (Å²) in [6, 6.07) is 9.34. The Hall–Kier alpha value is -3.64. The van der Waals surface area contributed by atoms with Crippen LogP contribution in [0.1, 0.15) is 16.1 Å². The van der Waals surface area contributed by atoms with E-state index in [-0.39, 0.29) is 28.0 Å². The predicted octanol–water partition coefficient (Wildman–Crippen LogP) is 1.02. The van der Waals surface area contributed by atoms with Gasteiger partial charge < -0.3 is 10.2 Å². The molecule has 0 saturated heterocycles. The molecule has 2 aromatic heterocycles. The van der Waals surface area contributed by atoms with E-state index in [9.17, 15) is 13.2 Å². The number of nitrogen functional groups attached to an aromatic ring is 1. The molecule has 2 heterocycles. The molecule has 3 rings (SSSR count). The van der Waals surface area contributed by atoms with Crippen LogP contribution in [0.4, 0.5) is 17.3 Å². The predicted molar refractivity (Wildman–Crippen MR) is 101 cm³/mol. The van der Waals surface area contributed by atoms with Crippen molar-refractivity contribution in [3.8, 4) is 0 Å². The van der Waals surface area contributed by atoms with Crippen LogP contribution in [0.25, 0.3) is 0 Å². The van der Waals surface area contributed by atoms with Crippen molar-refractivity contribution < 1.29 is 17.6 Å². The number of amides is 1. The fraction of sp³-hybridized carbons (Fsp3) is 0.0625. The second-order valence-electron chi connectivity index (χ2n) is 5.58. The molecule has 0 radical (unpaired) electrons. The molecule has 1 aromatic carbocycles. The average molecular weight is 403 g/mol. The molecule has 146 valence electrons. The van der Waals surface area contributed by atoms with E-state index in [1.165, 1.54) is 24.5 Å². The molecule has 0 fully saturated rings. The Balaban J connectivity index is 1.67. The Labute approximate surface area is 160 Å². The lowest BCUT2D eigenvalue weighted by molar-refractivity contribution is 0.0935. The van der Waals surface area contributed by atoms with E-state index in [4.69, 9.17) is 10.2 Å². The highest BCUT2D eigenvalue weighted by Crippen LogP contribution is 2.21. The molecular weight excluding hydrogens is 386 g/mol. The largest absolute Gasteiger partial charge is 0.459 e. The van der Waals surface area contributed by atoms with Crippen LogP contribution in [-0.4, -0.2) is 24.3 Å². The third kappa shape index (κ3) is 4.36. The third-order valence-electron chi connectivity index (χ3n) is 3.56. The summed E-state index contributed by atoms with van der Waals surface area (Å²) < 4.78 is 29.6. The number of hydrazine groups is 2. The van der Waals surface area contributed by atoms with Gasteiger partial charge in [-0.2, -0.15) is 0 Å². The number of rotatable bonds is 7. The maximum Gasteiger partial charge on any atom is 0.305 e. The highest BCUT2D eigenvalue weighted by atomic mass is 32.2. The minimum atomic E-state index is -3.84. The molecule has 28 heavy (non-hydrogen) atoms. The second kappa shape index (κ2) is 7.94. The third-order valence-corrected chi connectivity index (χ3v) is 4.82. The highest BCUT2D eigenvalue weighted by Gasteiger charge is 2.16. The lowest BCUT2D eigenvalue weighted by atomic mass is 10.2. The molecule has 0 unspecified atom stereocenters. The smallest absolute Gasteiger partial charge is 0.305 e. The zero-order valence-electron chi connectivity index (χ0n) is 14.6. The van der Waals surface area contributed by atoms with Crippen LogP contribution >= 0.6 is 0 Å². The number of furan rings is 1. The van der Waals surface area contributed by atoms with Gasteiger partial charge in [-0.15, -0.1) is 4.83 Å². The topological polar surface area (TPSA) is 164 Å². The fourth-order valence-electron chi connectivity index (χ4n) is 2.07. The summed E-state index contributed by atoms with van der Waals surface area (Å²) in [5.74, 6) is -0.394. The quantitative estimate of drug-likeness (QED) is 0.362. The fourth-order valence-corrected chi connectivity index (χ4v) is 2.92. The van der Waals surface area contributed by atoms with Gasteiger partial charge >= 0.3 is 5.91 Å². The molecule has 1 amide bonds. The number of nitrogens with zero attached hydrogens (tertiary/aromatic N) is 2. The maximum atomic E-state index is 12.3. The average Bonchev–Trinajstić information content (AvgIpc) is 3.21. The van der Waals surface area contributed by atoms with Crippen molar-refractivity contribution in [3.05, 3.63) is 60.3 Å². The molecule has 0 bridgehead atoms. The summed E-state index contributed by atoms with van der Waals surface area (Å²) in [4.78, 5) is 21.9. The molecule has 0 saturated carbocycles. The number of nitrogens with one attached hydrogen (secondary N) is 4. The first kappa shape index (κ1) is 19.1. The van der Waals surface area contributed by atoms with Crippen molar-refractivity contribution in [2.24, 2.45) is 0 Å². The van der Waals surface area contributed by atoms with Crippen LogP contribution in [0.15, 0.2) is 58.3 Å². The number of nitrogens with two attached hydrogens (primary N) is 1. The number of hydrogen-bond acceptors (Lipinski definition) is 9. The molecular formula is C16H17N7O4S. The van der Waals surface area contributed by atoms with Gasteiger partial charge in [-0.25, -0.2) is 18.4 Å². The molecule has 0 atom stereocenters. The number of aryl methyl sites for hydroxylation is 1. The summed E-state index contributed by atoms with van der Waals surface area (Å²) in [7, 11) is -3.84. The summed E-state index contributed by atoms with van der Waals surface area (Å²) in [6.07, 6.45) is 2.50.